The predicted octanol–water partition coefficient (Wildman–Crippen LogP) is 4.06. The minimum absolute atomic E-state index is 0.254. The molecule has 0 aliphatic carbocycles. The SMILES string of the molecule is O=C(NCCc1csc(-c2cccc(F)c2)n1)c1ccc(F)cc1. The van der Waals surface area contributed by atoms with Gasteiger partial charge in [-0.3, -0.25) is 4.79 Å². The second-order valence-electron chi connectivity index (χ2n) is 5.17. The molecule has 0 fully saturated rings. The molecule has 0 radical (unpaired) electrons. The number of thiazole rings is 1. The molecule has 122 valence electrons. The Balaban J connectivity index is 1.56. The maximum atomic E-state index is 13.2. The van der Waals surface area contributed by atoms with E-state index >= 15 is 0 Å². The molecule has 6 heteroatoms. The third-order valence-electron chi connectivity index (χ3n) is 3.40. The third-order valence-corrected chi connectivity index (χ3v) is 4.34. The summed E-state index contributed by atoms with van der Waals surface area (Å²) in [6.45, 7) is 0.419. The topological polar surface area (TPSA) is 42.0 Å². The molecular formula is C18H14F2N2OS. The van der Waals surface area contributed by atoms with Crippen LogP contribution in [0.25, 0.3) is 10.6 Å². The highest BCUT2D eigenvalue weighted by molar-refractivity contribution is 7.13. The average Bonchev–Trinajstić information content (AvgIpc) is 3.04. The van der Waals surface area contributed by atoms with Crippen LogP contribution in [-0.2, 0) is 6.42 Å². The molecule has 0 aliphatic rings. The lowest BCUT2D eigenvalue weighted by atomic mass is 10.2. The monoisotopic (exact) mass is 344 g/mol. The van der Waals surface area contributed by atoms with Gasteiger partial charge in [-0.15, -0.1) is 11.3 Å². The summed E-state index contributed by atoms with van der Waals surface area (Å²) >= 11 is 1.44. The van der Waals surface area contributed by atoms with Gasteiger partial charge in [-0.2, -0.15) is 0 Å². The van der Waals surface area contributed by atoms with Crippen LogP contribution >= 0.6 is 11.3 Å². The smallest absolute Gasteiger partial charge is 0.251 e. The fourth-order valence-electron chi connectivity index (χ4n) is 2.18. The van der Waals surface area contributed by atoms with Crippen LogP contribution < -0.4 is 5.32 Å². The Hall–Kier alpha value is -2.60. The molecule has 0 bridgehead atoms. The number of benzene rings is 2. The van der Waals surface area contributed by atoms with Crippen molar-refractivity contribution in [3.05, 3.63) is 76.8 Å². The molecule has 2 aromatic carbocycles. The summed E-state index contributed by atoms with van der Waals surface area (Å²) in [6, 6.07) is 11.7. The highest BCUT2D eigenvalue weighted by Gasteiger charge is 2.08. The number of nitrogens with one attached hydrogen (secondary N) is 1. The Morgan fingerprint density at radius 3 is 2.62 bits per heavy atom. The second kappa shape index (κ2) is 7.31. The number of hydrogen-bond acceptors (Lipinski definition) is 3. The quantitative estimate of drug-likeness (QED) is 0.758. The number of carbonyl (C=O) groups is 1. The normalized spacial score (nSPS) is 10.6. The molecule has 0 unspecified atom stereocenters. The lowest BCUT2D eigenvalue weighted by Gasteiger charge is -2.04. The third kappa shape index (κ3) is 4.02. The van der Waals surface area contributed by atoms with Gasteiger partial charge in [0.05, 0.1) is 5.69 Å². The number of hydrogen-bond donors (Lipinski definition) is 1. The van der Waals surface area contributed by atoms with E-state index < -0.39 is 0 Å². The van der Waals surface area contributed by atoms with Crippen LogP contribution in [0.2, 0.25) is 0 Å². The van der Waals surface area contributed by atoms with Crippen molar-refractivity contribution in [2.75, 3.05) is 6.54 Å². The Morgan fingerprint density at radius 1 is 1.08 bits per heavy atom. The van der Waals surface area contributed by atoms with Gasteiger partial charge in [-0.25, -0.2) is 13.8 Å². The van der Waals surface area contributed by atoms with Crippen molar-refractivity contribution in [2.24, 2.45) is 0 Å². The van der Waals surface area contributed by atoms with Crippen molar-refractivity contribution in [3.63, 3.8) is 0 Å². The number of nitrogens with zero attached hydrogens (tertiary/aromatic N) is 1. The molecule has 3 rings (SSSR count). The molecule has 1 aromatic heterocycles. The molecule has 0 saturated carbocycles. The lowest BCUT2D eigenvalue weighted by Crippen LogP contribution is -2.25. The minimum Gasteiger partial charge on any atom is -0.352 e. The molecule has 1 amide bonds. The van der Waals surface area contributed by atoms with E-state index in [0.29, 0.717) is 18.5 Å². The Bertz CT molecular complexity index is 846. The largest absolute Gasteiger partial charge is 0.352 e. The van der Waals surface area contributed by atoms with E-state index in [1.807, 2.05) is 11.4 Å². The van der Waals surface area contributed by atoms with E-state index in [0.717, 1.165) is 16.3 Å². The maximum absolute atomic E-state index is 13.2. The first-order chi connectivity index (χ1) is 11.6. The summed E-state index contributed by atoms with van der Waals surface area (Å²) in [5.74, 6) is -0.926. The molecule has 0 spiro atoms. The summed E-state index contributed by atoms with van der Waals surface area (Å²) in [6.07, 6.45) is 0.568. The van der Waals surface area contributed by atoms with Gasteiger partial charge in [-0.1, -0.05) is 12.1 Å². The molecular weight excluding hydrogens is 330 g/mol. The average molecular weight is 344 g/mol. The molecule has 0 aliphatic heterocycles. The van der Waals surface area contributed by atoms with E-state index in [1.54, 1.807) is 6.07 Å². The van der Waals surface area contributed by atoms with Gasteiger partial charge in [0.15, 0.2) is 0 Å². The minimum atomic E-state index is -0.376. The van der Waals surface area contributed by atoms with Crippen molar-refractivity contribution in [1.29, 1.82) is 0 Å². The molecule has 1 N–H and O–H groups in total. The van der Waals surface area contributed by atoms with Gasteiger partial charge in [0.2, 0.25) is 0 Å². The van der Waals surface area contributed by atoms with Gasteiger partial charge in [0.1, 0.15) is 16.6 Å². The van der Waals surface area contributed by atoms with E-state index in [1.165, 1.54) is 47.7 Å². The summed E-state index contributed by atoms with van der Waals surface area (Å²) < 4.78 is 26.1. The first-order valence-corrected chi connectivity index (χ1v) is 8.24. The Kier molecular flexibility index (Phi) is 4.96. The van der Waals surface area contributed by atoms with Crippen LogP contribution in [0.3, 0.4) is 0 Å². The van der Waals surface area contributed by atoms with Crippen LogP contribution in [0.4, 0.5) is 8.78 Å². The molecule has 3 nitrogen and oxygen atoms in total. The van der Waals surface area contributed by atoms with Crippen molar-refractivity contribution in [3.8, 4) is 10.6 Å². The van der Waals surface area contributed by atoms with Gasteiger partial charge < -0.3 is 5.32 Å². The standard InChI is InChI=1S/C18H14F2N2OS/c19-14-6-4-12(5-7-14)17(23)21-9-8-16-11-24-18(22-16)13-2-1-3-15(20)10-13/h1-7,10-11H,8-9H2,(H,21,23). The highest BCUT2D eigenvalue weighted by Crippen LogP contribution is 2.24. The van der Waals surface area contributed by atoms with Gasteiger partial charge >= 0.3 is 0 Å². The summed E-state index contributed by atoms with van der Waals surface area (Å²) in [4.78, 5) is 16.4. The first kappa shape index (κ1) is 16.3. The molecule has 1 heterocycles. The van der Waals surface area contributed by atoms with Crippen molar-refractivity contribution >= 4 is 17.2 Å². The van der Waals surface area contributed by atoms with Crippen LogP contribution in [0.1, 0.15) is 16.1 Å². The van der Waals surface area contributed by atoms with Crippen LogP contribution in [0.15, 0.2) is 53.9 Å². The zero-order valence-electron chi connectivity index (χ0n) is 12.6. The van der Waals surface area contributed by atoms with E-state index in [2.05, 4.69) is 10.3 Å². The predicted molar refractivity (Wildman–Crippen MR) is 89.9 cm³/mol. The lowest BCUT2D eigenvalue weighted by molar-refractivity contribution is 0.0954. The van der Waals surface area contributed by atoms with Crippen molar-refractivity contribution in [1.82, 2.24) is 10.3 Å². The van der Waals surface area contributed by atoms with E-state index in [4.69, 9.17) is 0 Å². The van der Waals surface area contributed by atoms with E-state index in [9.17, 15) is 13.6 Å². The van der Waals surface area contributed by atoms with E-state index in [-0.39, 0.29) is 17.5 Å². The van der Waals surface area contributed by atoms with Crippen LogP contribution in [-0.4, -0.2) is 17.4 Å². The summed E-state index contributed by atoms with van der Waals surface area (Å²) in [7, 11) is 0. The zero-order valence-corrected chi connectivity index (χ0v) is 13.4. The molecule has 24 heavy (non-hydrogen) atoms. The zero-order chi connectivity index (χ0) is 16.9. The summed E-state index contributed by atoms with van der Waals surface area (Å²) in [5.41, 5.74) is 1.98. The van der Waals surface area contributed by atoms with Gasteiger partial charge in [0.25, 0.3) is 5.91 Å². The second-order valence-corrected chi connectivity index (χ2v) is 6.03. The molecule has 0 saturated heterocycles. The van der Waals surface area contributed by atoms with Crippen molar-refractivity contribution < 1.29 is 13.6 Å². The number of amides is 1. The fraction of sp³-hybridized carbons (Fsp3) is 0.111. The number of aromatic nitrogens is 1. The van der Waals surface area contributed by atoms with Crippen LogP contribution in [0.5, 0.6) is 0 Å². The first-order valence-electron chi connectivity index (χ1n) is 7.36. The van der Waals surface area contributed by atoms with Gasteiger partial charge in [0, 0.05) is 29.5 Å². The van der Waals surface area contributed by atoms with Gasteiger partial charge in [-0.05, 0) is 36.4 Å². The maximum Gasteiger partial charge on any atom is 0.251 e. The van der Waals surface area contributed by atoms with Crippen molar-refractivity contribution in [2.45, 2.75) is 6.42 Å². The fourth-order valence-corrected chi connectivity index (χ4v) is 3.03. The number of halogens is 2. The summed E-state index contributed by atoms with van der Waals surface area (Å²) in [5, 5.41) is 5.41. The van der Waals surface area contributed by atoms with Crippen LogP contribution in [0, 0.1) is 11.6 Å². The number of carbonyl (C=O) groups excluding carboxylic acids is 1. The molecule has 3 aromatic rings. The Morgan fingerprint density at radius 2 is 1.88 bits per heavy atom. The molecule has 0 atom stereocenters. The number of rotatable bonds is 5. The Labute approximate surface area is 142 Å². The highest BCUT2D eigenvalue weighted by atomic mass is 32.1.